The molecule has 3 unspecified atom stereocenters. The first-order valence-corrected chi connectivity index (χ1v) is 6.43. The Labute approximate surface area is 98.2 Å². The van der Waals surface area contributed by atoms with Gasteiger partial charge in [0.2, 0.25) is 0 Å². The van der Waals surface area contributed by atoms with Crippen molar-refractivity contribution in [2.75, 3.05) is 7.05 Å². The van der Waals surface area contributed by atoms with Crippen molar-refractivity contribution in [3.05, 3.63) is 18.0 Å². The van der Waals surface area contributed by atoms with Crippen LogP contribution in [0.2, 0.25) is 0 Å². The van der Waals surface area contributed by atoms with Gasteiger partial charge in [-0.1, -0.05) is 13.3 Å². The van der Waals surface area contributed by atoms with Crippen LogP contribution in [0.25, 0.3) is 0 Å². The normalized spacial score (nSPS) is 30.6. The SMILES string of the molecule is CCC1CCC(NC)C(n2ccc(C)n2)C1. The third-order valence-electron chi connectivity index (χ3n) is 3.95. The van der Waals surface area contributed by atoms with Gasteiger partial charge in [0.15, 0.2) is 0 Å². The summed E-state index contributed by atoms with van der Waals surface area (Å²) in [6, 6.07) is 3.22. The highest BCUT2D eigenvalue weighted by Gasteiger charge is 2.30. The van der Waals surface area contributed by atoms with Crippen LogP contribution in [0.3, 0.4) is 0 Å². The molecule has 0 amide bonds. The van der Waals surface area contributed by atoms with Crippen LogP contribution in [0.1, 0.15) is 44.3 Å². The average molecular weight is 221 g/mol. The lowest BCUT2D eigenvalue weighted by molar-refractivity contribution is 0.197. The van der Waals surface area contributed by atoms with Crippen molar-refractivity contribution in [1.82, 2.24) is 15.1 Å². The summed E-state index contributed by atoms with van der Waals surface area (Å²) in [5, 5.41) is 8.02. The lowest BCUT2D eigenvalue weighted by atomic mass is 9.81. The van der Waals surface area contributed by atoms with E-state index in [1.807, 2.05) is 0 Å². The lowest BCUT2D eigenvalue weighted by Gasteiger charge is -2.35. The van der Waals surface area contributed by atoms with Gasteiger partial charge in [-0.3, -0.25) is 4.68 Å². The highest BCUT2D eigenvalue weighted by Crippen LogP contribution is 2.34. The molecule has 0 bridgehead atoms. The van der Waals surface area contributed by atoms with E-state index in [9.17, 15) is 0 Å². The van der Waals surface area contributed by atoms with E-state index in [1.54, 1.807) is 0 Å². The van der Waals surface area contributed by atoms with Crippen molar-refractivity contribution in [3.63, 3.8) is 0 Å². The quantitative estimate of drug-likeness (QED) is 0.850. The van der Waals surface area contributed by atoms with E-state index >= 15 is 0 Å². The molecule has 3 nitrogen and oxygen atoms in total. The van der Waals surface area contributed by atoms with Crippen LogP contribution in [0.4, 0.5) is 0 Å². The van der Waals surface area contributed by atoms with Crippen molar-refractivity contribution in [2.24, 2.45) is 5.92 Å². The minimum Gasteiger partial charge on any atom is -0.315 e. The van der Waals surface area contributed by atoms with Gasteiger partial charge in [0.05, 0.1) is 11.7 Å². The molecular weight excluding hydrogens is 198 g/mol. The molecule has 1 aliphatic carbocycles. The van der Waals surface area contributed by atoms with Crippen LogP contribution >= 0.6 is 0 Å². The third-order valence-corrected chi connectivity index (χ3v) is 3.95. The zero-order valence-corrected chi connectivity index (χ0v) is 10.6. The van der Waals surface area contributed by atoms with E-state index in [4.69, 9.17) is 0 Å². The van der Waals surface area contributed by atoms with Crippen LogP contribution < -0.4 is 5.32 Å². The smallest absolute Gasteiger partial charge is 0.0674 e. The predicted octanol–water partition coefficient (Wildman–Crippen LogP) is 2.53. The molecular formula is C13H23N3. The predicted molar refractivity (Wildman–Crippen MR) is 66.5 cm³/mol. The topological polar surface area (TPSA) is 29.9 Å². The summed E-state index contributed by atoms with van der Waals surface area (Å²) in [6.07, 6.45) is 7.33. The van der Waals surface area contributed by atoms with Gasteiger partial charge in [-0.25, -0.2) is 0 Å². The number of nitrogens with one attached hydrogen (secondary N) is 1. The molecule has 1 fully saturated rings. The Balaban J connectivity index is 2.14. The highest BCUT2D eigenvalue weighted by atomic mass is 15.3. The molecule has 1 aliphatic rings. The number of hydrogen-bond donors (Lipinski definition) is 1. The van der Waals surface area contributed by atoms with Crippen molar-refractivity contribution < 1.29 is 0 Å². The van der Waals surface area contributed by atoms with E-state index in [0.717, 1.165) is 11.6 Å². The number of aryl methyl sites for hydroxylation is 1. The minimum absolute atomic E-state index is 0.539. The molecule has 1 saturated carbocycles. The molecule has 1 N–H and O–H groups in total. The summed E-state index contributed by atoms with van der Waals surface area (Å²) in [5.74, 6) is 0.874. The molecule has 1 aromatic heterocycles. The average Bonchev–Trinajstić information content (AvgIpc) is 2.75. The first-order valence-electron chi connectivity index (χ1n) is 6.43. The van der Waals surface area contributed by atoms with Gasteiger partial charge in [0.25, 0.3) is 0 Å². The molecule has 90 valence electrons. The number of nitrogens with zero attached hydrogens (tertiary/aromatic N) is 2. The molecule has 3 atom stereocenters. The summed E-state index contributed by atoms with van der Waals surface area (Å²) < 4.78 is 2.16. The Hall–Kier alpha value is -0.830. The summed E-state index contributed by atoms with van der Waals surface area (Å²) in [5.41, 5.74) is 1.12. The number of aromatic nitrogens is 2. The fraction of sp³-hybridized carbons (Fsp3) is 0.769. The van der Waals surface area contributed by atoms with Crippen LogP contribution in [0.15, 0.2) is 12.3 Å². The van der Waals surface area contributed by atoms with Gasteiger partial charge in [0, 0.05) is 12.2 Å². The molecule has 0 aliphatic heterocycles. The molecule has 0 radical (unpaired) electrons. The number of hydrogen-bond acceptors (Lipinski definition) is 2. The van der Waals surface area contributed by atoms with Crippen LogP contribution in [0, 0.1) is 12.8 Å². The van der Waals surface area contributed by atoms with Gasteiger partial charge in [-0.2, -0.15) is 5.10 Å². The molecule has 2 rings (SSSR count). The Morgan fingerprint density at radius 3 is 2.88 bits per heavy atom. The third kappa shape index (κ3) is 2.29. The van der Waals surface area contributed by atoms with Crippen molar-refractivity contribution in [3.8, 4) is 0 Å². The number of likely N-dealkylation sites (N-methyl/N-ethyl adjacent to an activating group) is 1. The Kier molecular flexibility index (Phi) is 3.64. The second-order valence-electron chi connectivity index (χ2n) is 4.99. The maximum atomic E-state index is 4.58. The largest absolute Gasteiger partial charge is 0.315 e. The fourth-order valence-electron chi connectivity index (χ4n) is 2.85. The zero-order valence-electron chi connectivity index (χ0n) is 10.6. The van der Waals surface area contributed by atoms with Crippen LogP contribution in [-0.2, 0) is 0 Å². The summed E-state index contributed by atoms with van der Waals surface area (Å²) in [4.78, 5) is 0. The molecule has 16 heavy (non-hydrogen) atoms. The first-order chi connectivity index (χ1) is 7.74. The van der Waals surface area contributed by atoms with E-state index in [-0.39, 0.29) is 0 Å². The zero-order chi connectivity index (χ0) is 11.5. The van der Waals surface area contributed by atoms with Gasteiger partial charge in [-0.05, 0) is 45.2 Å². The van der Waals surface area contributed by atoms with Gasteiger partial charge in [-0.15, -0.1) is 0 Å². The number of rotatable bonds is 3. The molecule has 0 spiro atoms. The monoisotopic (exact) mass is 221 g/mol. The second-order valence-corrected chi connectivity index (χ2v) is 4.99. The molecule has 1 aromatic rings. The van der Waals surface area contributed by atoms with Crippen molar-refractivity contribution >= 4 is 0 Å². The summed E-state index contributed by atoms with van der Waals surface area (Å²) in [7, 11) is 2.07. The maximum Gasteiger partial charge on any atom is 0.0674 e. The first kappa shape index (κ1) is 11.6. The van der Waals surface area contributed by atoms with Gasteiger partial charge < -0.3 is 5.32 Å². The van der Waals surface area contributed by atoms with Crippen LogP contribution in [-0.4, -0.2) is 22.9 Å². The van der Waals surface area contributed by atoms with Crippen molar-refractivity contribution in [1.29, 1.82) is 0 Å². The van der Waals surface area contributed by atoms with E-state index in [1.165, 1.54) is 25.7 Å². The Bertz CT molecular complexity index is 332. The Morgan fingerprint density at radius 2 is 2.31 bits per heavy atom. The van der Waals surface area contributed by atoms with E-state index in [2.05, 4.69) is 48.3 Å². The maximum absolute atomic E-state index is 4.58. The molecule has 3 heteroatoms. The lowest BCUT2D eigenvalue weighted by Crippen LogP contribution is -2.40. The second kappa shape index (κ2) is 5.00. The van der Waals surface area contributed by atoms with Gasteiger partial charge in [0.1, 0.15) is 0 Å². The highest BCUT2D eigenvalue weighted by molar-refractivity contribution is 4.98. The molecule has 0 aromatic carbocycles. The summed E-state index contributed by atoms with van der Waals surface area (Å²) in [6.45, 7) is 4.36. The van der Waals surface area contributed by atoms with E-state index in [0.29, 0.717) is 12.1 Å². The summed E-state index contributed by atoms with van der Waals surface area (Å²) >= 11 is 0. The standard InChI is InChI=1S/C13H23N3/c1-4-11-5-6-12(14-3)13(9-11)16-8-7-10(2)15-16/h7-8,11-14H,4-6,9H2,1-3H3. The van der Waals surface area contributed by atoms with Gasteiger partial charge >= 0.3 is 0 Å². The molecule has 1 heterocycles. The van der Waals surface area contributed by atoms with E-state index < -0.39 is 0 Å². The minimum atomic E-state index is 0.539. The Morgan fingerprint density at radius 1 is 1.50 bits per heavy atom. The van der Waals surface area contributed by atoms with Crippen molar-refractivity contribution in [2.45, 2.75) is 51.6 Å². The molecule has 0 saturated heterocycles. The van der Waals surface area contributed by atoms with Crippen LogP contribution in [0.5, 0.6) is 0 Å². The fourth-order valence-corrected chi connectivity index (χ4v) is 2.85.